The first-order valence-corrected chi connectivity index (χ1v) is 6.67. The molecule has 16 heavy (non-hydrogen) atoms. The maximum Gasteiger partial charge on any atom is 0.301 e. The molecule has 2 aromatic heterocycles. The molecule has 0 atom stereocenters. The van der Waals surface area contributed by atoms with Crippen LogP contribution in [0, 0.1) is 0 Å². The fraction of sp³-hybridized carbons (Fsp3) is 0. The Balaban J connectivity index is 2.09. The second kappa shape index (κ2) is 5.09. The number of nitrogens with zero attached hydrogens (tertiary/aromatic N) is 2. The van der Waals surface area contributed by atoms with Crippen LogP contribution in [0.2, 0.25) is 0 Å². The van der Waals surface area contributed by atoms with Crippen LogP contribution >= 0.6 is 21.6 Å². The summed E-state index contributed by atoms with van der Waals surface area (Å²) in [4.78, 5) is 0. The van der Waals surface area contributed by atoms with Crippen molar-refractivity contribution in [3.05, 3.63) is 48.8 Å². The molecule has 2 aromatic rings. The van der Waals surface area contributed by atoms with Crippen molar-refractivity contribution in [1.29, 1.82) is 0 Å². The van der Waals surface area contributed by atoms with E-state index in [2.05, 4.69) is 0 Å². The van der Waals surface area contributed by atoms with E-state index in [1.165, 1.54) is 21.6 Å². The number of hydrogen-bond donors (Lipinski definition) is 2. The third-order valence-electron chi connectivity index (χ3n) is 1.82. The molecular formula is C10H10N2O2S2+2. The van der Waals surface area contributed by atoms with Crippen molar-refractivity contribution in [3.63, 3.8) is 0 Å². The van der Waals surface area contributed by atoms with Gasteiger partial charge in [-0.05, 0) is 12.1 Å². The first-order chi connectivity index (χ1) is 7.77. The summed E-state index contributed by atoms with van der Waals surface area (Å²) in [6.07, 6.45) is 3.11. The van der Waals surface area contributed by atoms with Crippen molar-refractivity contribution in [2.24, 2.45) is 0 Å². The SMILES string of the molecule is O[n+]1ccccc1SSc1cccc[n+]1O. The van der Waals surface area contributed by atoms with E-state index in [1.807, 2.05) is 12.1 Å². The van der Waals surface area contributed by atoms with E-state index in [0.717, 1.165) is 9.46 Å². The maximum absolute atomic E-state index is 9.47. The summed E-state index contributed by atoms with van der Waals surface area (Å²) in [7, 11) is 2.73. The fourth-order valence-electron chi connectivity index (χ4n) is 1.06. The topological polar surface area (TPSA) is 48.2 Å². The lowest BCUT2D eigenvalue weighted by molar-refractivity contribution is -0.932. The minimum atomic E-state index is 0.691. The smallest absolute Gasteiger partial charge is 0.284 e. The van der Waals surface area contributed by atoms with E-state index in [-0.39, 0.29) is 0 Å². The van der Waals surface area contributed by atoms with Gasteiger partial charge in [0.25, 0.3) is 0 Å². The first-order valence-electron chi connectivity index (χ1n) is 4.52. The Morgan fingerprint density at radius 1 is 0.750 bits per heavy atom. The molecule has 0 aliphatic heterocycles. The number of hydrogen-bond acceptors (Lipinski definition) is 4. The first kappa shape index (κ1) is 11.1. The van der Waals surface area contributed by atoms with Crippen LogP contribution in [0.15, 0.2) is 58.8 Å². The molecule has 82 valence electrons. The molecule has 0 fully saturated rings. The predicted octanol–water partition coefficient (Wildman–Crippen LogP) is 1.54. The number of rotatable bonds is 3. The van der Waals surface area contributed by atoms with Crippen LogP contribution in [-0.4, -0.2) is 10.4 Å². The van der Waals surface area contributed by atoms with Gasteiger partial charge in [0.05, 0.1) is 0 Å². The van der Waals surface area contributed by atoms with E-state index < -0.39 is 0 Å². The maximum atomic E-state index is 9.47. The van der Waals surface area contributed by atoms with Crippen molar-refractivity contribution in [3.8, 4) is 0 Å². The molecule has 0 aromatic carbocycles. The molecule has 0 spiro atoms. The lowest BCUT2D eigenvalue weighted by Crippen LogP contribution is -2.32. The molecule has 2 heterocycles. The Morgan fingerprint density at radius 2 is 1.19 bits per heavy atom. The molecule has 0 aliphatic carbocycles. The average molecular weight is 254 g/mol. The van der Waals surface area contributed by atoms with Gasteiger partial charge >= 0.3 is 10.1 Å². The van der Waals surface area contributed by atoms with Gasteiger partial charge in [-0.3, -0.25) is 10.4 Å². The van der Waals surface area contributed by atoms with Gasteiger partial charge in [-0.25, -0.2) is 0 Å². The Labute approximate surface area is 100 Å². The summed E-state index contributed by atoms with van der Waals surface area (Å²) in [5, 5.41) is 20.3. The van der Waals surface area contributed by atoms with E-state index in [0.29, 0.717) is 10.1 Å². The highest BCUT2D eigenvalue weighted by Gasteiger charge is 2.15. The summed E-state index contributed by atoms with van der Waals surface area (Å²) in [5.41, 5.74) is 0. The molecule has 0 saturated carbocycles. The monoisotopic (exact) mass is 254 g/mol. The van der Waals surface area contributed by atoms with Gasteiger partial charge in [0.2, 0.25) is 12.4 Å². The van der Waals surface area contributed by atoms with Gasteiger partial charge < -0.3 is 0 Å². The summed E-state index contributed by atoms with van der Waals surface area (Å²) >= 11 is 0. The van der Waals surface area contributed by atoms with E-state index >= 15 is 0 Å². The molecule has 0 aliphatic rings. The Bertz CT molecular complexity index is 448. The highest BCUT2D eigenvalue weighted by atomic mass is 33.1. The van der Waals surface area contributed by atoms with Crippen molar-refractivity contribution in [2.45, 2.75) is 10.1 Å². The largest absolute Gasteiger partial charge is 0.301 e. The molecule has 2 N–H and O–H groups in total. The van der Waals surface area contributed by atoms with Gasteiger partial charge in [0.1, 0.15) is 0 Å². The zero-order chi connectivity index (χ0) is 11.4. The molecule has 0 amide bonds. The minimum Gasteiger partial charge on any atom is -0.284 e. The van der Waals surface area contributed by atoms with Gasteiger partial charge in [0.15, 0.2) is 0 Å². The van der Waals surface area contributed by atoms with Gasteiger partial charge in [-0.2, -0.15) is 0 Å². The highest BCUT2D eigenvalue weighted by molar-refractivity contribution is 8.76. The zero-order valence-electron chi connectivity index (χ0n) is 8.22. The zero-order valence-corrected chi connectivity index (χ0v) is 9.86. The standard InChI is InChI=1S/C10H10N2O2S2/c13-11-7-3-1-5-9(11)15-16-10-6-2-4-8-12(10)14/h1-8,13-14H/q+2. The Kier molecular flexibility index (Phi) is 3.53. The van der Waals surface area contributed by atoms with Crippen LogP contribution < -0.4 is 9.46 Å². The molecule has 0 radical (unpaired) electrons. The molecule has 4 nitrogen and oxygen atoms in total. The third-order valence-corrected chi connectivity index (χ3v) is 4.16. The summed E-state index contributed by atoms with van der Waals surface area (Å²) in [5.74, 6) is 0. The van der Waals surface area contributed by atoms with Crippen LogP contribution in [0.5, 0.6) is 0 Å². The van der Waals surface area contributed by atoms with Crippen molar-refractivity contribution >= 4 is 21.6 Å². The third kappa shape index (κ3) is 2.59. The Morgan fingerprint density at radius 3 is 1.56 bits per heavy atom. The van der Waals surface area contributed by atoms with Crippen molar-refractivity contribution < 1.29 is 19.9 Å². The quantitative estimate of drug-likeness (QED) is 0.495. The Hall–Kier alpha value is -1.40. The number of aromatic nitrogens is 2. The molecule has 0 unspecified atom stereocenters. The second-order valence-electron chi connectivity index (χ2n) is 2.93. The highest BCUT2D eigenvalue weighted by Crippen LogP contribution is 2.32. The second-order valence-corrected chi connectivity index (χ2v) is 5.10. The molecule has 0 bridgehead atoms. The van der Waals surface area contributed by atoms with E-state index in [9.17, 15) is 10.4 Å². The molecule has 2 rings (SSSR count). The van der Waals surface area contributed by atoms with Gasteiger partial charge in [0, 0.05) is 55.3 Å². The van der Waals surface area contributed by atoms with Crippen LogP contribution in [0.25, 0.3) is 0 Å². The van der Waals surface area contributed by atoms with Gasteiger partial charge in [-0.1, -0.05) is 0 Å². The summed E-state index contributed by atoms with van der Waals surface area (Å²) in [6, 6.07) is 10.7. The molecule has 0 saturated heterocycles. The summed E-state index contributed by atoms with van der Waals surface area (Å²) in [6.45, 7) is 0. The minimum absolute atomic E-state index is 0.691. The number of pyridine rings is 2. The van der Waals surface area contributed by atoms with Crippen LogP contribution in [0.1, 0.15) is 0 Å². The van der Waals surface area contributed by atoms with E-state index in [1.54, 1.807) is 36.7 Å². The lowest BCUT2D eigenvalue weighted by Gasteiger charge is -1.94. The van der Waals surface area contributed by atoms with Crippen LogP contribution in [0.4, 0.5) is 0 Å². The predicted molar refractivity (Wildman–Crippen MR) is 59.4 cm³/mol. The molecular weight excluding hydrogens is 244 g/mol. The average Bonchev–Trinajstić information content (AvgIpc) is 2.30. The van der Waals surface area contributed by atoms with Crippen LogP contribution in [-0.2, 0) is 0 Å². The van der Waals surface area contributed by atoms with Crippen molar-refractivity contribution in [2.75, 3.05) is 0 Å². The fourth-order valence-corrected chi connectivity index (χ4v) is 3.07. The van der Waals surface area contributed by atoms with Crippen molar-refractivity contribution in [1.82, 2.24) is 0 Å². The lowest BCUT2D eigenvalue weighted by atomic mass is 10.5. The summed E-state index contributed by atoms with van der Waals surface area (Å²) < 4.78 is 2.09. The normalized spacial score (nSPS) is 10.2. The van der Waals surface area contributed by atoms with Crippen LogP contribution in [0.3, 0.4) is 0 Å². The van der Waals surface area contributed by atoms with Gasteiger partial charge in [-0.15, -0.1) is 0 Å². The van der Waals surface area contributed by atoms with E-state index in [4.69, 9.17) is 0 Å². The molecule has 6 heteroatoms.